The van der Waals surface area contributed by atoms with Crippen LogP contribution in [0.15, 0.2) is 29.1 Å². The van der Waals surface area contributed by atoms with Crippen LogP contribution in [0.1, 0.15) is 30.7 Å². The molecule has 0 aliphatic carbocycles. The molecule has 0 aliphatic rings. The van der Waals surface area contributed by atoms with Gasteiger partial charge in [-0.05, 0) is 43.0 Å². The summed E-state index contributed by atoms with van der Waals surface area (Å²) in [6.45, 7) is 6.23. The minimum absolute atomic E-state index is 0.135. The van der Waals surface area contributed by atoms with Crippen molar-refractivity contribution in [3.8, 4) is 0 Å². The highest BCUT2D eigenvalue weighted by atomic mass is 32.1. The Morgan fingerprint density at radius 2 is 2.05 bits per heavy atom. The van der Waals surface area contributed by atoms with Crippen molar-refractivity contribution >= 4 is 27.1 Å². The van der Waals surface area contributed by atoms with Crippen molar-refractivity contribution in [2.45, 2.75) is 33.6 Å². The molecule has 0 saturated carbocycles. The Hall–Kier alpha value is -2.21. The SMILES string of the molecule is CCc1cc(=O)n2nc(Nc3ccc(C)c(CC)c3)sc2n1. The van der Waals surface area contributed by atoms with Gasteiger partial charge in [0.05, 0.1) is 0 Å². The summed E-state index contributed by atoms with van der Waals surface area (Å²) in [6, 6.07) is 7.77. The van der Waals surface area contributed by atoms with Crippen LogP contribution >= 0.6 is 11.3 Å². The lowest BCUT2D eigenvalue weighted by Crippen LogP contribution is -2.15. The summed E-state index contributed by atoms with van der Waals surface area (Å²) in [5.41, 5.74) is 4.22. The van der Waals surface area contributed by atoms with Crippen LogP contribution in [0.25, 0.3) is 4.96 Å². The molecule has 0 fully saturated rings. The van der Waals surface area contributed by atoms with Gasteiger partial charge in [-0.2, -0.15) is 4.52 Å². The molecular formula is C16H18N4OS. The lowest BCUT2D eigenvalue weighted by molar-refractivity contribution is 0.879. The Bertz CT molecular complexity index is 881. The van der Waals surface area contributed by atoms with E-state index in [0.29, 0.717) is 10.1 Å². The minimum atomic E-state index is -0.135. The van der Waals surface area contributed by atoms with Crippen LogP contribution in [0.2, 0.25) is 0 Å². The molecule has 3 rings (SSSR count). The number of anilines is 2. The van der Waals surface area contributed by atoms with Gasteiger partial charge in [-0.3, -0.25) is 4.79 Å². The van der Waals surface area contributed by atoms with Crippen molar-refractivity contribution in [1.29, 1.82) is 0 Å². The Morgan fingerprint density at radius 3 is 2.77 bits per heavy atom. The number of benzene rings is 1. The second kappa shape index (κ2) is 5.88. The molecule has 0 bridgehead atoms. The summed E-state index contributed by atoms with van der Waals surface area (Å²) in [4.78, 5) is 17.1. The normalized spacial score (nSPS) is 11.0. The van der Waals surface area contributed by atoms with Gasteiger partial charge in [0.25, 0.3) is 5.56 Å². The first kappa shape index (κ1) is 14.7. The molecule has 1 aromatic carbocycles. The Labute approximate surface area is 132 Å². The zero-order valence-electron chi connectivity index (χ0n) is 12.9. The molecule has 114 valence electrons. The molecule has 0 amide bonds. The Kier molecular flexibility index (Phi) is 3.94. The molecule has 1 N–H and O–H groups in total. The molecule has 2 heterocycles. The second-order valence-corrected chi connectivity index (χ2v) is 6.12. The highest BCUT2D eigenvalue weighted by Gasteiger charge is 2.09. The van der Waals surface area contributed by atoms with Gasteiger partial charge in [0, 0.05) is 17.4 Å². The number of hydrogen-bond donors (Lipinski definition) is 1. The van der Waals surface area contributed by atoms with Crippen LogP contribution in [-0.2, 0) is 12.8 Å². The highest BCUT2D eigenvalue weighted by Crippen LogP contribution is 2.23. The number of hydrogen-bond acceptors (Lipinski definition) is 5. The standard InChI is InChI=1S/C16H18N4OS/c1-4-11-8-13(7-6-10(11)3)17-15-19-20-14(21)9-12(5-2)18-16(20)22-15/h6-9H,4-5H2,1-3H3,(H,17,19). The predicted molar refractivity (Wildman–Crippen MR) is 90.4 cm³/mol. The van der Waals surface area contributed by atoms with Crippen LogP contribution in [-0.4, -0.2) is 14.6 Å². The van der Waals surface area contributed by atoms with E-state index in [1.165, 1.54) is 33.0 Å². The average Bonchev–Trinajstić information content (AvgIpc) is 2.92. The van der Waals surface area contributed by atoms with Crippen molar-refractivity contribution in [3.05, 3.63) is 51.4 Å². The fraction of sp³-hybridized carbons (Fsp3) is 0.312. The molecule has 0 atom stereocenters. The summed E-state index contributed by atoms with van der Waals surface area (Å²) in [7, 11) is 0. The van der Waals surface area contributed by atoms with Crippen LogP contribution in [0.4, 0.5) is 10.8 Å². The van der Waals surface area contributed by atoms with Crippen molar-refractivity contribution in [2.75, 3.05) is 5.32 Å². The quantitative estimate of drug-likeness (QED) is 0.802. The maximum absolute atomic E-state index is 12.0. The van der Waals surface area contributed by atoms with E-state index in [1.807, 2.05) is 13.0 Å². The zero-order chi connectivity index (χ0) is 15.7. The summed E-state index contributed by atoms with van der Waals surface area (Å²) in [6.07, 6.45) is 1.73. The smallest absolute Gasteiger partial charge is 0.275 e. The number of nitrogens with one attached hydrogen (secondary N) is 1. The first-order valence-corrected chi connectivity index (χ1v) is 8.18. The van der Waals surface area contributed by atoms with Gasteiger partial charge in [-0.15, -0.1) is 5.10 Å². The summed E-state index contributed by atoms with van der Waals surface area (Å²) in [5.74, 6) is 0. The third-order valence-corrected chi connectivity index (χ3v) is 4.47. The molecule has 2 aromatic heterocycles. The van der Waals surface area contributed by atoms with E-state index < -0.39 is 0 Å². The van der Waals surface area contributed by atoms with Crippen LogP contribution < -0.4 is 10.9 Å². The summed E-state index contributed by atoms with van der Waals surface area (Å²) >= 11 is 1.38. The van der Waals surface area contributed by atoms with Crippen molar-refractivity contribution in [3.63, 3.8) is 0 Å². The molecule has 3 aromatic rings. The van der Waals surface area contributed by atoms with E-state index in [9.17, 15) is 4.79 Å². The molecule has 0 saturated heterocycles. The lowest BCUT2D eigenvalue weighted by Gasteiger charge is -2.07. The number of fused-ring (bicyclic) bond motifs is 1. The number of aryl methyl sites for hydroxylation is 3. The van der Waals surface area contributed by atoms with Gasteiger partial charge in [-0.1, -0.05) is 31.3 Å². The van der Waals surface area contributed by atoms with Gasteiger partial charge in [0.1, 0.15) is 0 Å². The fourth-order valence-corrected chi connectivity index (χ4v) is 3.19. The van der Waals surface area contributed by atoms with E-state index in [-0.39, 0.29) is 5.56 Å². The maximum Gasteiger partial charge on any atom is 0.275 e. The predicted octanol–water partition coefficient (Wildman–Crippen LogP) is 3.33. The van der Waals surface area contributed by atoms with Gasteiger partial charge < -0.3 is 5.32 Å². The monoisotopic (exact) mass is 314 g/mol. The zero-order valence-corrected chi connectivity index (χ0v) is 13.7. The average molecular weight is 314 g/mol. The Balaban J connectivity index is 1.97. The maximum atomic E-state index is 12.0. The molecule has 22 heavy (non-hydrogen) atoms. The molecular weight excluding hydrogens is 296 g/mol. The van der Waals surface area contributed by atoms with Crippen molar-refractivity contribution < 1.29 is 0 Å². The number of rotatable bonds is 4. The van der Waals surface area contributed by atoms with E-state index in [2.05, 4.69) is 41.4 Å². The van der Waals surface area contributed by atoms with E-state index in [1.54, 1.807) is 0 Å². The summed E-state index contributed by atoms with van der Waals surface area (Å²) in [5, 5.41) is 8.25. The summed E-state index contributed by atoms with van der Waals surface area (Å²) < 4.78 is 1.35. The molecule has 0 radical (unpaired) electrons. The number of aromatic nitrogens is 3. The van der Waals surface area contributed by atoms with Crippen LogP contribution in [0.3, 0.4) is 0 Å². The van der Waals surface area contributed by atoms with Gasteiger partial charge in [0.2, 0.25) is 10.1 Å². The van der Waals surface area contributed by atoms with E-state index in [0.717, 1.165) is 24.2 Å². The molecule has 0 spiro atoms. The second-order valence-electron chi connectivity index (χ2n) is 5.16. The molecule has 5 nitrogen and oxygen atoms in total. The third kappa shape index (κ3) is 2.74. The fourth-order valence-electron chi connectivity index (χ4n) is 2.34. The Morgan fingerprint density at radius 1 is 1.23 bits per heavy atom. The van der Waals surface area contributed by atoms with Crippen LogP contribution in [0.5, 0.6) is 0 Å². The highest BCUT2D eigenvalue weighted by molar-refractivity contribution is 7.20. The largest absolute Gasteiger partial charge is 0.330 e. The topological polar surface area (TPSA) is 59.3 Å². The van der Waals surface area contributed by atoms with Gasteiger partial charge in [0.15, 0.2) is 0 Å². The van der Waals surface area contributed by atoms with Crippen molar-refractivity contribution in [1.82, 2.24) is 14.6 Å². The first-order chi connectivity index (χ1) is 10.6. The molecule has 0 unspecified atom stereocenters. The number of nitrogens with zero attached hydrogens (tertiary/aromatic N) is 3. The van der Waals surface area contributed by atoms with Gasteiger partial charge in [-0.25, -0.2) is 4.98 Å². The minimum Gasteiger partial charge on any atom is -0.330 e. The first-order valence-electron chi connectivity index (χ1n) is 7.37. The van der Waals surface area contributed by atoms with Crippen LogP contribution in [0, 0.1) is 6.92 Å². The molecule has 6 heteroatoms. The van der Waals surface area contributed by atoms with E-state index in [4.69, 9.17) is 0 Å². The molecule has 0 aliphatic heterocycles. The lowest BCUT2D eigenvalue weighted by atomic mass is 10.1. The third-order valence-electron chi connectivity index (χ3n) is 3.64. The van der Waals surface area contributed by atoms with Gasteiger partial charge >= 0.3 is 0 Å². The van der Waals surface area contributed by atoms with E-state index >= 15 is 0 Å². The van der Waals surface area contributed by atoms with Crippen molar-refractivity contribution in [2.24, 2.45) is 0 Å².